The number of rotatable bonds is 4. The first-order valence-electron chi connectivity index (χ1n) is 9.35. The van der Waals surface area contributed by atoms with Crippen LogP contribution in [0, 0.1) is 6.92 Å². The Balaban J connectivity index is 2.05. The van der Waals surface area contributed by atoms with E-state index in [2.05, 4.69) is 106 Å². The molecule has 1 aliphatic rings. The number of hydrogen-bond donors (Lipinski definition) is 0. The molecule has 0 saturated heterocycles. The van der Waals surface area contributed by atoms with Crippen LogP contribution in [0.5, 0.6) is 0 Å². The molecule has 0 bridgehead atoms. The van der Waals surface area contributed by atoms with E-state index in [9.17, 15) is 0 Å². The van der Waals surface area contributed by atoms with Crippen LogP contribution in [-0.2, 0) is 0 Å². The fourth-order valence-corrected chi connectivity index (χ4v) is 3.73. The smallest absolute Gasteiger partial charge is 0.107 e. The van der Waals surface area contributed by atoms with Gasteiger partial charge in [-0.05, 0) is 48.4 Å². The average molecular weight is 335 g/mol. The first-order valence-corrected chi connectivity index (χ1v) is 9.35. The lowest BCUT2D eigenvalue weighted by molar-refractivity contribution is 0.727. The number of hydrogen-bond acceptors (Lipinski definition) is 2. The van der Waals surface area contributed by atoms with Crippen molar-refractivity contribution in [2.75, 3.05) is 9.80 Å². The van der Waals surface area contributed by atoms with E-state index < -0.39 is 0 Å². The van der Waals surface area contributed by atoms with Gasteiger partial charge >= 0.3 is 0 Å². The van der Waals surface area contributed by atoms with E-state index in [0.717, 1.165) is 0 Å². The van der Waals surface area contributed by atoms with Gasteiger partial charge in [-0.3, -0.25) is 0 Å². The molecule has 0 fully saturated rings. The van der Waals surface area contributed by atoms with Crippen molar-refractivity contribution in [3.8, 4) is 0 Å². The number of aryl methyl sites for hydroxylation is 1. The molecule has 132 valence electrons. The third-order valence-corrected chi connectivity index (χ3v) is 5.19. The molecule has 1 aliphatic heterocycles. The van der Waals surface area contributed by atoms with E-state index in [1.165, 1.54) is 28.1 Å². The average Bonchev–Trinajstić information content (AvgIpc) is 2.95. The minimum absolute atomic E-state index is 0.262. The number of anilines is 2. The third-order valence-electron chi connectivity index (χ3n) is 5.19. The minimum atomic E-state index is 0.262. The molecule has 0 N–H and O–H groups in total. The number of benzene rings is 2. The highest BCUT2D eigenvalue weighted by Crippen LogP contribution is 2.39. The Hall–Kier alpha value is -2.22. The quantitative estimate of drug-likeness (QED) is 0.639. The second-order valence-corrected chi connectivity index (χ2v) is 7.63. The maximum Gasteiger partial charge on any atom is 0.107 e. The lowest BCUT2D eigenvalue weighted by Gasteiger charge is -2.34. The number of para-hydroxylation sites is 2. The Morgan fingerprint density at radius 1 is 0.760 bits per heavy atom. The summed E-state index contributed by atoms with van der Waals surface area (Å²) in [6, 6.07) is 15.4. The van der Waals surface area contributed by atoms with Crippen molar-refractivity contribution < 1.29 is 0 Å². The molecule has 2 heteroatoms. The Bertz CT molecular complexity index is 747. The molecule has 0 unspecified atom stereocenters. The van der Waals surface area contributed by atoms with Crippen molar-refractivity contribution in [2.45, 2.75) is 59.5 Å². The zero-order valence-electron chi connectivity index (χ0n) is 16.3. The summed E-state index contributed by atoms with van der Waals surface area (Å²) in [5.41, 5.74) is 6.82. The van der Waals surface area contributed by atoms with Crippen LogP contribution in [0.1, 0.15) is 63.1 Å². The van der Waals surface area contributed by atoms with Crippen molar-refractivity contribution in [1.82, 2.24) is 0 Å². The maximum absolute atomic E-state index is 2.44. The van der Waals surface area contributed by atoms with Crippen molar-refractivity contribution in [1.29, 1.82) is 0 Å². The Morgan fingerprint density at radius 2 is 1.32 bits per heavy atom. The summed E-state index contributed by atoms with van der Waals surface area (Å²) >= 11 is 0. The van der Waals surface area contributed by atoms with Gasteiger partial charge in [0.05, 0.1) is 0 Å². The summed E-state index contributed by atoms with van der Waals surface area (Å²) < 4.78 is 0. The van der Waals surface area contributed by atoms with Crippen molar-refractivity contribution in [2.24, 2.45) is 0 Å². The largest absolute Gasteiger partial charge is 0.325 e. The van der Waals surface area contributed by atoms with Crippen LogP contribution in [0.4, 0.5) is 11.4 Å². The van der Waals surface area contributed by atoms with Gasteiger partial charge in [-0.2, -0.15) is 0 Å². The fraction of sp³-hybridized carbons (Fsp3) is 0.391. The molecule has 0 amide bonds. The predicted molar refractivity (Wildman–Crippen MR) is 109 cm³/mol. The van der Waals surface area contributed by atoms with Crippen LogP contribution in [0.15, 0.2) is 54.9 Å². The molecule has 3 rings (SSSR count). The molecular weight excluding hydrogens is 304 g/mol. The van der Waals surface area contributed by atoms with Crippen molar-refractivity contribution in [3.05, 3.63) is 71.6 Å². The van der Waals surface area contributed by atoms with E-state index >= 15 is 0 Å². The Labute approximate surface area is 152 Å². The predicted octanol–water partition coefficient (Wildman–Crippen LogP) is 6.39. The molecular formula is C23H30N2. The minimum Gasteiger partial charge on any atom is -0.325 e. The molecule has 0 saturated carbocycles. The van der Waals surface area contributed by atoms with Crippen LogP contribution >= 0.6 is 0 Å². The topological polar surface area (TPSA) is 6.48 Å². The molecule has 2 nitrogen and oxygen atoms in total. The molecule has 1 atom stereocenters. The van der Waals surface area contributed by atoms with Crippen LogP contribution in [0.25, 0.3) is 0 Å². The second-order valence-electron chi connectivity index (χ2n) is 7.63. The highest BCUT2D eigenvalue weighted by atomic mass is 15.4. The van der Waals surface area contributed by atoms with Crippen LogP contribution in [-0.4, -0.2) is 6.17 Å². The van der Waals surface area contributed by atoms with Gasteiger partial charge in [0.25, 0.3) is 0 Å². The van der Waals surface area contributed by atoms with Crippen LogP contribution in [0.2, 0.25) is 0 Å². The monoisotopic (exact) mass is 334 g/mol. The zero-order chi connectivity index (χ0) is 18.1. The lowest BCUT2D eigenvalue weighted by atomic mass is 9.92. The van der Waals surface area contributed by atoms with Crippen molar-refractivity contribution >= 4 is 11.4 Å². The second kappa shape index (κ2) is 6.95. The van der Waals surface area contributed by atoms with E-state index in [-0.39, 0.29) is 6.17 Å². The Morgan fingerprint density at radius 3 is 1.88 bits per heavy atom. The molecule has 0 radical (unpaired) electrons. The summed E-state index contributed by atoms with van der Waals surface area (Å²) in [7, 11) is 0. The third kappa shape index (κ3) is 3.18. The fourth-order valence-electron chi connectivity index (χ4n) is 3.73. The van der Waals surface area contributed by atoms with E-state index in [4.69, 9.17) is 0 Å². The van der Waals surface area contributed by atoms with Gasteiger partial charge in [0.2, 0.25) is 0 Å². The molecule has 2 aromatic carbocycles. The Kier molecular flexibility index (Phi) is 4.89. The number of nitrogens with zero attached hydrogens (tertiary/aromatic N) is 2. The first kappa shape index (κ1) is 17.6. The maximum atomic E-state index is 2.44. The molecule has 25 heavy (non-hydrogen) atoms. The SMILES string of the molecule is Cc1ccccc1N1C=CN(c2c(C(C)C)cccc2C(C)C)[C@@H]1C. The van der Waals surface area contributed by atoms with Gasteiger partial charge in [-0.25, -0.2) is 0 Å². The summed E-state index contributed by atoms with van der Waals surface area (Å²) in [5, 5.41) is 0. The van der Waals surface area contributed by atoms with E-state index in [0.29, 0.717) is 11.8 Å². The highest BCUT2D eigenvalue weighted by molar-refractivity contribution is 5.69. The van der Waals surface area contributed by atoms with Gasteiger partial charge < -0.3 is 9.80 Å². The van der Waals surface area contributed by atoms with Gasteiger partial charge in [0, 0.05) is 23.8 Å². The molecule has 0 spiro atoms. The zero-order valence-corrected chi connectivity index (χ0v) is 16.3. The summed E-state index contributed by atoms with van der Waals surface area (Å²) in [5.74, 6) is 1.00. The summed E-state index contributed by atoms with van der Waals surface area (Å²) in [6.07, 6.45) is 4.72. The van der Waals surface area contributed by atoms with Gasteiger partial charge in [-0.1, -0.05) is 64.1 Å². The van der Waals surface area contributed by atoms with E-state index in [1.807, 2.05) is 0 Å². The molecule has 1 heterocycles. The highest BCUT2D eigenvalue weighted by Gasteiger charge is 2.29. The summed E-state index contributed by atoms with van der Waals surface area (Å²) in [6.45, 7) is 13.6. The molecule has 0 aliphatic carbocycles. The van der Waals surface area contributed by atoms with Gasteiger partial charge in [0.15, 0.2) is 0 Å². The normalized spacial score (nSPS) is 17.2. The van der Waals surface area contributed by atoms with Crippen LogP contribution < -0.4 is 9.80 Å². The molecule has 0 aromatic heterocycles. The van der Waals surface area contributed by atoms with Crippen LogP contribution in [0.3, 0.4) is 0 Å². The summed E-state index contributed by atoms with van der Waals surface area (Å²) in [4.78, 5) is 4.81. The van der Waals surface area contributed by atoms with Gasteiger partial charge in [-0.15, -0.1) is 0 Å². The van der Waals surface area contributed by atoms with Gasteiger partial charge in [0.1, 0.15) is 6.17 Å². The van der Waals surface area contributed by atoms with E-state index in [1.54, 1.807) is 0 Å². The standard InChI is InChI=1S/C23H30N2/c1-16(2)20-11-9-12-21(17(3)4)23(20)25-15-14-24(19(25)6)22-13-8-7-10-18(22)5/h7-17,19H,1-6H3/t19-/m1/s1. The molecule has 2 aromatic rings. The lowest BCUT2D eigenvalue weighted by Crippen LogP contribution is -2.37. The first-order chi connectivity index (χ1) is 11.9. The van der Waals surface area contributed by atoms with Crippen molar-refractivity contribution in [3.63, 3.8) is 0 Å².